The Bertz CT molecular complexity index is 690. The molecule has 0 aromatic heterocycles. The van der Waals surface area contributed by atoms with E-state index in [0.29, 0.717) is 18.6 Å². The first-order valence-corrected chi connectivity index (χ1v) is 11.2. The van der Waals surface area contributed by atoms with Gasteiger partial charge in [0.25, 0.3) is 0 Å². The number of hydrogen-bond donors (Lipinski definition) is 6. The van der Waals surface area contributed by atoms with Crippen molar-refractivity contribution in [1.82, 2.24) is 15.5 Å². The predicted molar refractivity (Wildman–Crippen MR) is 113 cm³/mol. The average molecular weight is 462 g/mol. The number of carboxylic acid groups (broad SMARTS) is 1. The quantitative estimate of drug-likeness (QED) is 0.179. The Balaban J connectivity index is 2.95. The standard InChI is InChI=1S/C18H31N5O7S/c1-9(24)14(20)16(27)22-11(8-13(19)25)17(28)23-6-3-4-12(23)15(26)21-10(18(29)30)5-7-31-2/h9-12,14,24H,3-8,20H2,1-2H3,(H2,19,25)(H,21,26)(H,22,27)(H,29,30). The number of aliphatic hydroxyl groups is 1. The van der Waals surface area contributed by atoms with Crippen molar-refractivity contribution in [2.75, 3.05) is 18.6 Å². The smallest absolute Gasteiger partial charge is 0.326 e. The normalized spacial score (nSPS) is 19.7. The largest absolute Gasteiger partial charge is 0.480 e. The van der Waals surface area contributed by atoms with E-state index in [4.69, 9.17) is 11.5 Å². The van der Waals surface area contributed by atoms with Crippen LogP contribution >= 0.6 is 11.8 Å². The molecule has 0 saturated carbocycles. The zero-order valence-corrected chi connectivity index (χ0v) is 18.4. The Labute approximate surface area is 184 Å². The molecule has 0 aliphatic carbocycles. The van der Waals surface area contributed by atoms with Crippen LogP contribution in [0.15, 0.2) is 0 Å². The van der Waals surface area contributed by atoms with E-state index in [1.165, 1.54) is 23.6 Å². The molecule has 31 heavy (non-hydrogen) atoms. The number of likely N-dealkylation sites (tertiary alicyclic amines) is 1. The van der Waals surface area contributed by atoms with Crippen LogP contribution in [0.5, 0.6) is 0 Å². The van der Waals surface area contributed by atoms with Crippen LogP contribution in [-0.2, 0) is 24.0 Å². The number of amides is 4. The van der Waals surface area contributed by atoms with Crippen LogP contribution in [-0.4, -0.2) is 93.5 Å². The van der Waals surface area contributed by atoms with E-state index in [-0.39, 0.29) is 13.0 Å². The number of primary amides is 1. The molecule has 1 heterocycles. The van der Waals surface area contributed by atoms with E-state index in [0.717, 1.165) is 0 Å². The summed E-state index contributed by atoms with van der Waals surface area (Å²) >= 11 is 1.44. The molecule has 176 valence electrons. The van der Waals surface area contributed by atoms with E-state index < -0.39 is 66.3 Å². The number of aliphatic hydroxyl groups excluding tert-OH is 1. The van der Waals surface area contributed by atoms with E-state index in [1.807, 2.05) is 6.26 Å². The Morgan fingerprint density at radius 2 is 1.84 bits per heavy atom. The number of nitrogens with one attached hydrogen (secondary N) is 2. The van der Waals surface area contributed by atoms with Gasteiger partial charge in [0.1, 0.15) is 24.2 Å². The van der Waals surface area contributed by atoms with Crippen LogP contribution in [0.1, 0.15) is 32.6 Å². The molecule has 0 radical (unpaired) electrons. The van der Waals surface area contributed by atoms with Crippen LogP contribution < -0.4 is 22.1 Å². The summed E-state index contributed by atoms with van der Waals surface area (Å²) in [4.78, 5) is 61.9. The first kappa shape index (κ1) is 26.7. The molecule has 0 aromatic carbocycles. The fourth-order valence-electron chi connectivity index (χ4n) is 3.15. The fraction of sp³-hybridized carbons (Fsp3) is 0.722. The third kappa shape index (κ3) is 7.99. The van der Waals surface area contributed by atoms with Gasteiger partial charge < -0.3 is 37.2 Å². The lowest BCUT2D eigenvalue weighted by Crippen LogP contribution is -2.58. The zero-order chi connectivity index (χ0) is 23.7. The maximum atomic E-state index is 13.0. The second kappa shape index (κ2) is 12.5. The highest BCUT2D eigenvalue weighted by atomic mass is 32.2. The van der Waals surface area contributed by atoms with Gasteiger partial charge in [-0.25, -0.2) is 4.79 Å². The molecular weight excluding hydrogens is 430 g/mol. The number of carboxylic acids is 1. The number of aliphatic carboxylic acids is 1. The molecule has 1 aliphatic rings. The number of thioether (sulfide) groups is 1. The third-order valence-corrected chi connectivity index (χ3v) is 5.55. The number of carbonyl (C=O) groups is 5. The topological polar surface area (TPSA) is 205 Å². The maximum absolute atomic E-state index is 13.0. The van der Waals surface area contributed by atoms with E-state index >= 15 is 0 Å². The Morgan fingerprint density at radius 3 is 2.35 bits per heavy atom. The summed E-state index contributed by atoms with van der Waals surface area (Å²) in [6.07, 6.45) is 1.11. The summed E-state index contributed by atoms with van der Waals surface area (Å²) in [6, 6.07) is -4.73. The molecule has 0 aromatic rings. The molecular formula is C18H31N5O7S. The third-order valence-electron chi connectivity index (χ3n) is 4.91. The van der Waals surface area contributed by atoms with Gasteiger partial charge in [0.05, 0.1) is 12.5 Å². The molecule has 13 heteroatoms. The number of nitrogens with zero attached hydrogens (tertiary/aromatic N) is 1. The minimum absolute atomic E-state index is 0.188. The molecule has 5 unspecified atom stereocenters. The van der Waals surface area contributed by atoms with Crippen molar-refractivity contribution in [2.24, 2.45) is 11.5 Å². The number of carbonyl (C=O) groups excluding carboxylic acids is 4. The van der Waals surface area contributed by atoms with Crippen molar-refractivity contribution >= 4 is 41.4 Å². The highest BCUT2D eigenvalue weighted by Crippen LogP contribution is 2.20. The van der Waals surface area contributed by atoms with Gasteiger partial charge >= 0.3 is 5.97 Å². The van der Waals surface area contributed by atoms with Gasteiger partial charge in [-0.05, 0) is 38.2 Å². The van der Waals surface area contributed by atoms with Crippen molar-refractivity contribution < 1.29 is 34.2 Å². The second-order valence-electron chi connectivity index (χ2n) is 7.37. The van der Waals surface area contributed by atoms with Gasteiger partial charge in [0.2, 0.25) is 23.6 Å². The average Bonchev–Trinajstić information content (AvgIpc) is 3.18. The molecule has 1 fully saturated rings. The van der Waals surface area contributed by atoms with Crippen molar-refractivity contribution in [3.05, 3.63) is 0 Å². The highest BCUT2D eigenvalue weighted by molar-refractivity contribution is 7.98. The van der Waals surface area contributed by atoms with Crippen molar-refractivity contribution in [3.8, 4) is 0 Å². The van der Waals surface area contributed by atoms with Crippen molar-refractivity contribution in [3.63, 3.8) is 0 Å². The van der Waals surface area contributed by atoms with Gasteiger partial charge in [-0.1, -0.05) is 0 Å². The lowest BCUT2D eigenvalue weighted by Gasteiger charge is -2.29. The summed E-state index contributed by atoms with van der Waals surface area (Å²) in [5.41, 5.74) is 10.8. The Morgan fingerprint density at radius 1 is 1.19 bits per heavy atom. The SMILES string of the molecule is CSCCC(NC(=O)C1CCCN1C(=O)C(CC(N)=O)NC(=O)C(N)C(C)O)C(=O)O. The van der Waals surface area contributed by atoms with Gasteiger partial charge in [-0.2, -0.15) is 11.8 Å². The molecule has 8 N–H and O–H groups in total. The molecule has 1 saturated heterocycles. The molecule has 12 nitrogen and oxygen atoms in total. The lowest BCUT2D eigenvalue weighted by molar-refractivity contribution is -0.145. The van der Waals surface area contributed by atoms with E-state index in [1.54, 1.807) is 0 Å². The van der Waals surface area contributed by atoms with Crippen molar-refractivity contribution in [1.29, 1.82) is 0 Å². The predicted octanol–water partition coefficient (Wildman–Crippen LogP) is -2.63. The van der Waals surface area contributed by atoms with Crippen LogP contribution in [0.2, 0.25) is 0 Å². The Hall–Kier alpha value is -2.38. The van der Waals surface area contributed by atoms with Gasteiger partial charge in [-0.15, -0.1) is 0 Å². The number of nitrogens with two attached hydrogens (primary N) is 2. The molecule has 5 atom stereocenters. The molecule has 1 aliphatic heterocycles. The zero-order valence-electron chi connectivity index (χ0n) is 17.6. The van der Waals surface area contributed by atoms with Gasteiger partial charge in [0, 0.05) is 6.54 Å². The summed E-state index contributed by atoms with van der Waals surface area (Å²) < 4.78 is 0. The lowest BCUT2D eigenvalue weighted by atomic mass is 10.1. The molecule has 4 amide bonds. The van der Waals surface area contributed by atoms with E-state index in [9.17, 15) is 34.2 Å². The first-order chi connectivity index (χ1) is 14.5. The number of hydrogen-bond acceptors (Lipinski definition) is 8. The maximum Gasteiger partial charge on any atom is 0.326 e. The molecule has 1 rings (SSSR count). The summed E-state index contributed by atoms with van der Waals surface area (Å²) in [7, 11) is 0. The van der Waals surface area contributed by atoms with Gasteiger partial charge in [-0.3, -0.25) is 19.2 Å². The van der Waals surface area contributed by atoms with E-state index in [2.05, 4.69) is 10.6 Å². The minimum atomic E-state index is -1.37. The summed E-state index contributed by atoms with van der Waals surface area (Å²) in [6.45, 7) is 1.49. The molecule has 0 spiro atoms. The van der Waals surface area contributed by atoms with Crippen LogP contribution in [0.25, 0.3) is 0 Å². The van der Waals surface area contributed by atoms with Gasteiger partial charge in [0.15, 0.2) is 0 Å². The highest BCUT2D eigenvalue weighted by Gasteiger charge is 2.39. The van der Waals surface area contributed by atoms with Crippen LogP contribution in [0.3, 0.4) is 0 Å². The minimum Gasteiger partial charge on any atom is -0.480 e. The summed E-state index contributed by atoms with van der Waals surface area (Å²) in [5, 5.41) is 23.5. The van der Waals surface area contributed by atoms with Crippen molar-refractivity contribution in [2.45, 2.75) is 62.9 Å². The Kier molecular flexibility index (Phi) is 10.7. The van der Waals surface area contributed by atoms with Crippen LogP contribution in [0.4, 0.5) is 0 Å². The second-order valence-corrected chi connectivity index (χ2v) is 8.35. The number of rotatable bonds is 12. The summed E-state index contributed by atoms with van der Waals surface area (Å²) in [5.74, 6) is -3.68. The van der Waals surface area contributed by atoms with Crippen LogP contribution in [0, 0.1) is 0 Å². The monoisotopic (exact) mass is 461 g/mol. The molecule has 0 bridgehead atoms. The first-order valence-electron chi connectivity index (χ1n) is 9.84. The fourth-order valence-corrected chi connectivity index (χ4v) is 3.62.